The summed E-state index contributed by atoms with van der Waals surface area (Å²) in [6.07, 6.45) is 8.70. The molecule has 2 aromatic carbocycles. The van der Waals surface area contributed by atoms with Crippen LogP contribution in [0.5, 0.6) is 11.5 Å². The maximum Gasteiger partial charge on any atom is 0.246 e. The van der Waals surface area contributed by atoms with E-state index in [0.717, 1.165) is 50.6 Å². The number of rotatable bonds is 10. The topological polar surface area (TPSA) is 113 Å². The number of carbonyl (C=O) groups excluding carboxylic acids is 1. The van der Waals surface area contributed by atoms with Crippen molar-refractivity contribution < 1.29 is 14.3 Å². The molecule has 2 fully saturated rings. The lowest BCUT2D eigenvalue weighted by atomic mass is 9.97. The van der Waals surface area contributed by atoms with Crippen LogP contribution >= 0.6 is 0 Å². The maximum atomic E-state index is 11.9. The predicted molar refractivity (Wildman–Crippen MR) is 183 cm³/mol. The van der Waals surface area contributed by atoms with Crippen LogP contribution in [0, 0.1) is 11.3 Å². The lowest BCUT2D eigenvalue weighted by Gasteiger charge is -2.30. The van der Waals surface area contributed by atoms with Gasteiger partial charge in [-0.2, -0.15) is 0 Å². The first kappa shape index (κ1) is 36.2. The minimum atomic E-state index is 0.156. The number of benzene rings is 2. The molecule has 0 spiro atoms. The molecule has 0 aromatic heterocycles. The summed E-state index contributed by atoms with van der Waals surface area (Å²) in [6.45, 7) is 17.8. The Morgan fingerprint density at radius 1 is 1.14 bits per heavy atom. The van der Waals surface area contributed by atoms with Crippen molar-refractivity contribution in [2.24, 2.45) is 16.6 Å². The van der Waals surface area contributed by atoms with Crippen molar-refractivity contribution in [2.45, 2.75) is 59.9 Å². The van der Waals surface area contributed by atoms with E-state index in [0.29, 0.717) is 40.4 Å². The second-order valence-electron chi connectivity index (χ2n) is 11.1. The molecule has 2 aliphatic rings. The van der Waals surface area contributed by atoms with Gasteiger partial charge in [0.15, 0.2) is 0 Å². The third-order valence-corrected chi connectivity index (χ3v) is 6.80. The van der Waals surface area contributed by atoms with Crippen LogP contribution in [0.4, 0.5) is 0 Å². The molecule has 8 heteroatoms. The molecular weight excluding hydrogens is 550 g/mol. The third-order valence-electron chi connectivity index (χ3n) is 6.80. The van der Waals surface area contributed by atoms with Gasteiger partial charge in [-0.3, -0.25) is 15.2 Å². The molecule has 238 valence electrons. The summed E-state index contributed by atoms with van der Waals surface area (Å²) < 4.78 is 10.8. The molecule has 1 amide bonds. The second kappa shape index (κ2) is 20.0. The molecule has 8 nitrogen and oxygen atoms in total. The Bertz CT molecular complexity index is 1260. The molecule has 1 atom stereocenters. The average molecular weight is 602 g/mol. The Morgan fingerprint density at radius 3 is 2.32 bits per heavy atom. The van der Waals surface area contributed by atoms with E-state index in [1.54, 1.807) is 13.0 Å². The fraction of sp³-hybridized carbons (Fsp3) is 0.417. The highest BCUT2D eigenvalue weighted by Gasteiger charge is 2.19. The van der Waals surface area contributed by atoms with Gasteiger partial charge in [0.05, 0.1) is 25.0 Å². The van der Waals surface area contributed by atoms with E-state index >= 15 is 0 Å². The first-order valence-corrected chi connectivity index (χ1v) is 15.5. The summed E-state index contributed by atoms with van der Waals surface area (Å²) in [6, 6.07) is 17.4. The van der Waals surface area contributed by atoms with Crippen molar-refractivity contribution in [3.05, 3.63) is 96.4 Å². The van der Waals surface area contributed by atoms with Crippen LogP contribution in [0.2, 0.25) is 0 Å². The molecule has 4 rings (SSSR count). The molecule has 4 N–H and O–H groups in total. The van der Waals surface area contributed by atoms with Crippen molar-refractivity contribution in [1.29, 1.82) is 5.41 Å². The molecule has 44 heavy (non-hydrogen) atoms. The molecule has 0 unspecified atom stereocenters. The number of piperidine rings is 1. The summed E-state index contributed by atoms with van der Waals surface area (Å²) >= 11 is 0. The molecule has 0 bridgehead atoms. The lowest BCUT2D eigenvalue weighted by molar-refractivity contribution is -0.127. The monoisotopic (exact) mass is 601 g/mol. The molecule has 0 saturated carbocycles. The van der Waals surface area contributed by atoms with Crippen molar-refractivity contribution in [3.8, 4) is 11.5 Å². The molecule has 2 aromatic rings. The van der Waals surface area contributed by atoms with Gasteiger partial charge in [0.2, 0.25) is 5.91 Å². The third kappa shape index (κ3) is 12.7. The zero-order valence-corrected chi connectivity index (χ0v) is 27.1. The van der Waals surface area contributed by atoms with Crippen molar-refractivity contribution in [2.75, 3.05) is 32.8 Å². The van der Waals surface area contributed by atoms with E-state index in [4.69, 9.17) is 20.6 Å². The average Bonchev–Trinajstić information content (AvgIpc) is 2.98. The highest BCUT2D eigenvalue weighted by atomic mass is 16.5. The lowest BCUT2D eigenvalue weighted by Crippen LogP contribution is -2.45. The number of hydrogen-bond acceptors (Lipinski definition) is 7. The number of amides is 1. The predicted octanol–water partition coefficient (Wildman–Crippen LogP) is 6.89. The first-order valence-electron chi connectivity index (χ1n) is 15.5. The van der Waals surface area contributed by atoms with Crippen LogP contribution in [-0.4, -0.2) is 61.1 Å². The van der Waals surface area contributed by atoms with Gasteiger partial charge >= 0.3 is 0 Å². The van der Waals surface area contributed by atoms with Crippen molar-refractivity contribution in [1.82, 2.24) is 10.2 Å². The van der Waals surface area contributed by atoms with E-state index in [1.807, 2.05) is 72.5 Å². The Hall–Kier alpha value is -4.01. The van der Waals surface area contributed by atoms with Crippen LogP contribution in [0.3, 0.4) is 0 Å². The molecule has 2 saturated heterocycles. The summed E-state index contributed by atoms with van der Waals surface area (Å²) in [7, 11) is 0. The fourth-order valence-corrected chi connectivity index (χ4v) is 4.57. The van der Waals surface area contributed by atoms with Crippen LogP contribution in [0.15, 0.2) is 95.8 Å². The first-order chi connectivity index (χ1) is 21.2. The SMILES string of the molecule is C=CN=C(C)/C(C(=N)c1ccc(Oc2ccccc2)cc1)=C(\C)N.CCC.C[C@@H]1CCCN(C(=O)/C=C/CNC2COC2)C1. The van der Waals surface area contributed by atoms with Crippen LogP contribution in [-0.2, 0) is 9.53 Å². The summed E-state index contributed by atoms with van der Waals surface area (Å²) in [4.78, 5) is 18.0. The van der Waals surface area contributed by atoms with Gasteiger partial charge < -0.3 is 25.4 Å². The van der Waals surface area contributed by atoms with E-state index in [1.165, 1.54) is 19.0 Å². The number of carbonyl (C=O) groups is 1. The zero-order chi connectivity index (χ0) is 32.3. The number of aliphatic imine (C=N–C) groups is 1. The Kier molecular flexibility index (Phi) is 16.5. The Morgan fingerprint density at radius 2 is 1.77 bits per heavy atom. The van der Waals surface area contributed by atoms with Gasteiger partial charge in [0.25, 0.3) is 0 Å². The number of likely N-dealkylation sites (tertiary alicyclic amines) is 1. The van der Waals surface area contributed by atoms with E-state index in [-0.39, 0.29) is 5.91 Å². The number of nitrogens with zero attached hydrogens (tertiary/aromatic N) is 2. The van der Waals surface area contributed by atoms with Gasteiger partial charge in [-0.1, -0.05) is 58.0 Å². The summed E-state index contributed by atoms with van der Waals surface area (Å²) in [5.74, 6) is 2.28. The quantitative estimate of drug-likeness (QED) is 0.203. The summed E-state index contributed by atoms with van der Waals surface area (Å²) in [5, 5.41) is 11.7. The number of ether oxygens (including phenoxy) is 2. The highest BCUT2D eigenvalue weighted by molar-refractivity contribution is 6.28. The molecule has 2 heterocycles. The van der Waals surface area contributed by atoms with Crippen LogP contribution < -0.4 is 15.8 Å². The molecular formula is C36H51N5O3. The van der Waals surface area contributed by atoms with Crippen LogP contribution in [0.25, 0.3) is 0 Å². The van der Waals surface area contributed by atoms with Gasteiger partial charge in [-0.25, -0.2) is 0 Å². The number of hydrogen-bond donors (Lipinski definition) is 3. The standard InChI is InChI=1S/C20H21N3O.C13H22N2O2.C3H8/c1-4-23-15(3)19(14(2)21)20(22)16-10-12-18(13-11-16)24-17-8-6-5-7-9-17;1-11-4-3-7-15(8-11)13(16)5-2-6-14-12-9-17-10-12;1-3-2/h4-13,22H,1,21H2,2-3H3;2,5,11-12,14H,3-4,6-10H2,1H3;3H2,1-2H3/b19-14-,22-20?,23-15?;5-2+;/t;11-;/m.1./s1. The largest absolute Gasteiger partial charge is 0.457 e. The van der Waals surface area contributed by atoms with Gasteiger partial charge in [-0.15, -0.1) is 0 Å². The number of allylic oxidation sites excluding steroid dienone is 2. The molecule has 2 aliphatic heterocycles. The van der Waals surface area contributed by atoms with E-state index in [2.05, 4.69) is 37.7 Å². The van der Waals surface area contributed by atoms with Crippen molar-refractivity contribution in [3.63, 3.8) is 0 Å². The Labute approximate surface area is 264 Å². The number of nitrogens with one attached hydrogen (secondary N) is 2. The number of para-hydroxylation sites is 1. The van der Waals surface area contributed by atoms with Gasteiger partial charge in [0, 0.05) is 54.5 Å². The van der Waals surface area contributed by atoms with E-state index < -0.39 is 0 Å². The summed E-state index contributed by atoms with van der Waals surface area (Å²) in [5.41, 5.74) is 8.84. The zero-order valence-electron chi connectivity index (χ0n) is 27.1. The Balaban J connectivity index is 0.000000295. The second-order valence-corrected chi connectivity index (χ2v) is 11.1. The minimum Gasteiger partial charge on any atom is -0.457 e. The van der Waals surface area contributed by atoms with Crippen LogP contribution in [0.1, 0.15) is 59.4 Å². The molecule has 0 radical (unpaired) electrons. The smallest absolute Gasteiger partial charge is 0.246 e. The van der Waals surface area contributed by atoms with Crippen molar-refractivity contribution >= 4 is 17.3 Å². The van der Waals surface area contributed by atoms with Gasteiger partial charge in [0.1, 0.15) is 11.5 Å². The minimum absolute atomic E-state index is 0.156. The normalized spacial score (nSPS) is 17.2. The van der Waals surface area contributed by atoms with E-state index in [9.17, 15) is 4.79 Å². The highest BCUT2D eigenvalue weighted by Crippen LogP contribution is 2.22. The molecule has 0 aliphatic carbocycles. The number of nitrogens with two attached hydrogens (primary N) is 1. The fourth-order valence-electron chi connectivity index (χ4n) is 4.57. The van der Waals surface area contributed by atoms with Gasteiger partial charge in [-0.05, 0) is 69.0 Å². The maximum absolute atomic E-state index is 11.9.